The molecule has 2 rings (SSSR count). The van der Waals surface area contributed by atoms with Crippen molar-refractivity contribution in [1.29, 1.82) is 0 Å². The van der Waals surface area contributed by atoms with E-state index in [1.807, 2.05) is 37.3 Å². The number of aliphatic hydroxyl groups is 1. The lowest BCUT2D eigenvalue weighted by Crippen LogP contribution is -2.42. The minimum atomic E-state index is -0.334. The second-order valence-corrected chi connectivity index (χ2v) is 5.62. The number of aliphatic hydroxyl groups excluding tert-OH is 1. The van der Waals surface area contributed by atoms with Crippen LogP contribution >= 0.6 is 11.8 Å². The number of hydrogen-bond donors (Lipinski definition) is 1. The van der Waals surface area contributed by atoms with E-state index < -0.39 is 0 Å². The van der Waals surface area contributed by atoms with Gasteiger partial charge in [0.1, 0.15) is 6.04 Å². The Balaban J connectivity index is 2.09. The fourth-order valence-electron chi connectivity index (χ4n) is 1.81. The van der Waals surface area contributed by atoms with E-state index in [1.54, 1.807) is 23.7 Å². The van der Waals surface area contributed by atoms with Crippen molar-refractivity contribution in [3.05, 3.63) is 35.9 Å². The molecule has 102 valence electrons. The zero-order chi connectivity index (χ0) is 13.8. The molecule has 1 aliphatic heterocycles. The number of rotatable bonds is 4. The second kappa shape index (κ2) is 6.21. The molecule has 1 amide bonds. The number of nitrogens with zero attached hydrogens (tertiary/aromatic N) is 2. The molecule has 1 heterocycles. The number of likely N-dealkylation sites (N-methyl/N-ethyl adjacent to an activating group) is 1. The summed E-state index contributed by atoms with van der Waals surface area (Å²) in [6, 6.07) is 9.38. The van der Waals surface area contributed by atoms with Crippen LogP contribution in [0.1, 0.15) is 12.5 Å². The number of carbonyl (C=O) groups is 1. The smallest absolute Gasteiger partial charge is 0.248 e. The van der Waals surface area contributed by atoms with Crippen molar-refractivity contribution in [2.24, 2.45) is 4.99 Å². The van der Waals surface area contributed by atoms with Gasteiger partial charge in [0.15, 0.2) is 0 Å². The Bertz CT molecular complexity index is 476. The molecule has 0 spiro atoms. The van der Waals surface area contributed by atoms with E-state index >= 15 is 0 Å². The van der Waals surface area contributed by atoms with Gasteiger partial charge >= 0.3 is 0 Å². The number of carbonyl (C=O) groups excluding carboxylic acids is 1. The first-order chi connectivity index (χ1) is 9.13. The van der Waals surface area contributed by atoms with Crippen LogP contribution in [0.25, 0.3) is 0 Å². The van der Waals surface area contributed by atoms with Crippen LogP contribution in [0, 0.1) is 0 Å². The standard InChI is InChI=1S/C14H18N2O2S/c1-10(8-17)16(2)14(18)12-9-19-13(15-12)11-6-4-3-5-7-11/h3-7,10,12,17H,8-9H2,1-2H3. The molecule has 0 bridgehead atoms. The number of benzene rings is 1. The molecule has 0 aliphatic carbocycles. The Morgan fingerprint density at radius 3 is 2.84 bits per heavy atom. The maximum Gasteiger partial charge on any atom is 0.248 e. The maximum absolute atomic E-state index is 12.2. The van der Waals surface area contributed by atoms with Gasteiger partial charge in [0, 0.05) is 18.4 Å². The van der Waals surface area contributed by atoms with Crippen LogP contribution in [0.4, 0.5) is 0 Å². The summed E-state index contributed by atoms with van der Waals surface area (Å²) in [5.41, 5.74) is 1.06. The number of thioether (sulfide) groups is 1. The monoisotopic (exact) mass is 278 g/mol. The summed E-state index contributed by atoms with van der Waals surface area (Å²) in [5.74, 6) is 0.644. The highest BCUT2D eigenvalue weighted by molar-refractivity contribution is 8.14. The summed E-state index contributed by atoms with van der Waals surface area (Å²) in [6.07, 6.45) is 0. The Morgan fingerprint density at radius 1 is 1.53 bits per heavy atom. The predicted octanol–water partition coefficient (Wildman–Crippen LogP) is 1.39. The third kappa shape index (κ3) is 3.16. The van der Waals surface area contributed by atoms with Gasteiger partial charge in [0.25, 0.3) is 0 Å². The number of aliphatic imine (C=N–C) groups is 1. The van der Waals surface area contributed by atoms with Gasteiger partial charge in [-0.1, -0.05) is 30.3 Å². The van der Waals surface area contributed by atoms with Crippen LogP contribution in [0.3, 0.4) is 0 Å². The first kappa shape index (κ1) is 14.1. The first-order valence-corrected chi connectivity index (χ1v) is 7.25. The first-order valence-electron chi connectivity index (χ1n) is 6.27. The van der Waals surface area contributed by atoms with E-state index in [2.05, 4.69) is 4.99 Å². The van der Waals surface area contributed by atoms with Crippen LogP contribution < -0.4 is 0 Å². The van der Waals surface area contributed by atoms with Crippen LogP contribution in [0.2, 0.25) is 0 Å². The van der Waals surface area contributed by atoms with E-state index in [1.165, 1.54) is 0 Å². The molecule has 0 saturated carbocycles. The highest BCUT2D eigenvalue weighted by Crippen LogP contribution is 2.24. The summed E-state index contributed by atoms with van der Waals surface area (Å²) in [4.78, 5) is 18.3. The van der Waals surface area contributed by atoms with Crippen molar-refractivity contribution >= 4 is 22.7 Å². The van der Waals surface area contributed by atoms with E-state index in [0.717, 1.165) is 10.6 Å². The average molecular weight is 278 g/mol. The van der Waals surface area contributed by atoms with Crippen LogP contribution in [-0.4, -0.2) is 52.4 Å². The molecule has 2 atom stereocenters. The number of hydrogen-bond acceptors (Lipinski definition) is 4. The van der Waals surface area contributed by atoms with Gasteiger partial charge in [0.05, 0.1) is 17.7 Å². The van der Waals surface area contributed by atoms with Crippen molar-refractivity contribution in [2.75, 3.05) is 19.4 Å². The van der Waals surface area contributed by atoms with Crippen molar-refractivity contribution in [3.63, 3.8) is 0 Å². The van der Waals surface area contributed by atoms with E-state index in [-0.39, 0.29) is 24.6 Å². The van der Waals surface area contributed by atoms with Gasteiger partial charge in [0.2, 0.25) is 5.91 Å². The summed E-state index contributed by atoms with van der Waals surface area (Å²) < 4.78 is 0. The third-order valence-electron chi connectivity index (χ3n) is 3.23. The Morgan fingerprint density at radius 2 is 2.21 bits per heavy atom. The summed E-state index contributed by atoms with van der Waals surface area (Å²) in [6.45, 7) is 1.79. The molecular weight excluding hydrogens is 260 g/mol. The topological polar surface area (TPSA) is 52.9 Å². The van der Waals surface area contributed by atoms with Crippen molar-refractivity contribution in [3.8, 4) is 0 Å². The zero-order valence-electron chi connectivity index (χ0n) is 11.1. The van der Waals surface area contributed by atoms with Gasteiger partial charge in [-0.2, -0.15) is 0 Å². The molecule has 1 N–H and O–H groups in total. The molecule has 1 aliphatic rings. The summed E-state index contributed by atoms with van der Waals surface area (Å²) >= 11 is 1.61. The van der Waals surface area contributed by atoms with Crippen molar-refractivity contribution in [2.45, 2.75) is 19.0 Å². The quantitative estimate of drug-likeness (QED) is 0.905. The predicted molar refractivity (Wildman–Crippen MR) is 78.5 cm³/mol. The Labute approximate surface area is 117 Å². The SMILES string of the molecule is CC(CO)N(C)C(=O)C1CSC(c2ccccc2)=N1. The van der Waals surface area contributed by atoms with Gasteiger partial charge in [-0.05, 0) is 6.92 Å². The second-order valence-electron chi connectivity index (χ2n) is 4.61. The minimum Gasteiger partial charge on any atom is -0.394 e. The number of amides is 1. The molecule has 0 fully saturated rings. The van der Waals surface area contributed by atoms with E-state index in [9.17, 15) is 4.79 Å². The molecule has 0 aromatic heterocycles. The van der Waals surface area contributed by atoms with Gasteiger partial charge < -0.3 is 10.0 Å². The molecular formula is C14H18N2O2S. The molecule has 5 heteroatoms. The van der Waals surface area contributed by atoms with Crippen LogP contribution in [-0.2, 0) is 4.79 Å². The fourth-order valence-corrected chi connectivity index (χ4v) is 2.85. The van der Waals surface area contributed by atoms with Gasteiger partial charge in [-0.15, -0.1) is 11.8 Å². The lowest BCUT2D eigenvalue weighted by molar-refractivity contribution is -0.133. The zero-order valence-corrected chi connectivity index (χ0v) is 11.9. The summed E-state index contributed by atoms with van der Waals surface area (Å²) in [7, 11) is 1.71. The molecule has 2 unspecified atom stereocenters. The van der Waals surface area contributed by atoms with Gasteiger partial charge in [-0.3, -0.25) is 9.79 Å². The highest BCUT2D eigenvalue weighted by atomic mass is 32.2. The largest absolute Gasteiger partial charge is 0.394 e. The lowest BCUT2D eigenvalue weighted by Gasteiger charge is -2.24. The molecule has 19 heavy (non-hydrogen) atoms. The van der Waals surface area contributed by atoms with Crippen LogP contribution in [0.15, 0.2) is 35.3 Å². The van der Waals surface area contributed by atoms with Crippen molar-refractivity contribution in [1.82, 2.24) is 4.90 Å². The lowest BCUT2D eigenvalue weighted by atomic mass is 10.2. The molecule has 0 saturated heterocycles. The summed E-state index contributed by atoms with van der Waals surface area (Å²) in [5, 5.41) is 10.0. The molecule has 4 nitrogen and oxygen atoms in total. The van der Waals surface area contributed by atoms with Crippen molar-refractivity contribution < 1.29 is 9.90 Å². The fraction of sp³-hybridized carbons (Fsp3) is 0.429. The van der Waals surface area contributed by atoms with Gasteiger partial charge in [-0.25, -0.2) is 0 Å². The average Bonchev–Trinajstić information content (AvgIpc) is 2.95. The maximum atomic E-state index is 12.2. The van der Waals surface area contributed by atoms with Crippen LogP contribution in [0.5, 0.6) is 0 Å². The Kier molecular flexibility index (Phi) is 4.61. The van der Waals surface area contributed by atoms with E-state index in [4.69, 9.17) is 5.11 Å². The molecule has 1 aromatic rings. The molecule has 0 radical (unpaired) electrons. The third-order valence-corrected chi connectivity index (χ3v) is 4.33. The van der Waals surface area contributed by atoms with E-state index in [0.29, 0.717) is 5.75 Å². The molecule has 1 aromatic carbocycles. The minimum absolute atomic E-state index is 0.0278. The highest BCUT2D eigenvalue weighted by Gasteiger charge is 2.29. The normalized spacial score (nSPS) is 19.9. The Hall–Kier alpha value is -1.33.